The monoisotopic (exact) mass is 386 g/mol. The fraction of sp³-hybridized carbons (Fsp3) is 0.571. The molecule has 0 fully saturated rings. The summed E-state index contributed by atoms with van der Waals surface area (Å²) in [6, 6.07) is 3.35. The Kier molecular flexibility index (Phi) is 11.2. The molecule has 1 aromatic carbocycles. The van der Waals surface area contributed by atoms with Crippen molar-refractivity contribution < 1.29 is 39.6 Å². The summed E-state index contributed by atoms with van der Waals surface area (Å²) in [5.41, 5.74) is 1.21. The summed E-state index contributed by atoms with van der Waals surface area (Å²) in [6.45, 7) is 12.1. The molecule has 142 valence electrons. The van der Waals surface area contributed by atoms with Crippen LogP contribution in [0.15, 0.2) is 12.1 Å². The molecule has 0 aliphatic heterocycles. The Labute approximate surface area is 144 Å². The predicted molar refractivity (Wildman–Crippen MR) is 94.3 cm³/mol. The van der Waals surface area contributed by atoms with Gasteiger partial charge in [-0.25, -0.2) is 0 Å². The first-order valence-electron chi connectivity index (χ1n) is 6.80. The largest absolute Gasteiger partial charge is 0.508 e. The first kappa shape index (κ1) is 25.7. The molecule has 0 unspecified atom stereocenters. The van der Waals surface area contributed by atoms with Crippen LogP contribution in [0.5, 0.6) is 11.5 Å². The molecule has 0 heterocycles. The zero-order valence-electron chi connectivity index (χ0n) is 14.6. The lowest BCUT2D eigenvalue weighted by atomic mass is 9.81. The van der Waals surface area contributed by atoms with Gasteiger partial charge in [-0.2, -0.15) is 0 Å². The number of hydrogen-bond donors (Lipinski definition) is 8. The van der Waals surface area contributed by atoms with Crippen LogP contribution in [0.2, 0.25) is 0 Å². The predicted octanol–water partition coefficient (Wildman–Crippen LogP) is 2.07. The van der Waals surface area contributed by atoms with E-state index in [1.165, 1.54) is 0 Å². The minimum Gasteiger partial charge on any atom is -0.508 e. The summed E-state index contributed by atoms with van der Waals surface area (Å²) in [7, 11) is -5.24. The van der Waals surface area contributed by atoms with E-state index >= 15 is 0 Å². The fourth-order valence-electron chi connectivity index (χ4n) is 1.78. The van der Waals surface area contributed by atoms with Gasteiger partial charge >= 0.3 is 17.2 Å². The Balaban J connectivity index is 0. The summed E-state index contributed by atoms with van der Waals surface area (Å²) in [6.07, 6.45) is 0. The number of aromatic hydroxyl groups is 2. The lowest BCUT2D eigenvalue weighted by Crippen LogP contribution is -2.15. The lowest BCUT2D eigenvalue weighted by molar-refractivity contribution is 0.366. The van der Waals surface area contributed by atoms with Crippen LogP contribution < -0.4 is 0 Å². The summed E-state index contributed by atoms with van der Waals surface area (Å²) < 4.78 is 0. The Hall–Kier alpha value is -0.560. The minimum atomic E-state index is -2.62. The molecule has 0 aliphatic rings. The van der Waals surface area contributed by atoms with Crippen molar-refractivity contribution in [3.63, 3.8) is 0 Å². The van der Waals surface area contributed by atoms with E-state index in [0.29, 0.717) is 0 Å². The zero-order valence-corrected chi connectivity index (χ0v) is 16.4. The molecular formula is C14H28O8P2. The molecule has 0 saturated carbocycles. The van der Waals surface area contributed by atoms with E-state index in [-0.39, 0.29) is 22.3 Å². The Morgan fingerprint density at radius 2 is 0.750 bits per heavy atom. The summed E-state index contributed by atoms with van der Waals surface area (Å²) in [4.78, 5) is 43.4. The molecular weight excluding hydrogens is 358 g/mol. The number of phenolic OH excluding ortho intramolecular Hbond substituents is 2. The van der Waals surface area contributed by atoms with E-state index in [0.717, 1.165) is 11.1 Å². The zero-order chi connectivity index (χ0) is 19.9. The van der Waals surface area contributed by atoms with E-state index in [4.69, 9.17) is 29.4 Å². The average Bonchev–Trinajstić information content (AvgIpc) is 2.27. The van der Waals surface area contributed by atoms with E-state index in [9.17, 15) is 10.2 Å². The summed E-state index contributed by atoms with van der Waals surface area (Å²) in [5, 5.41) is 20.0. The maximum atomic E-state index is 10.0. The first-order chi connectivity index (χ1) is 10.5. The second-order valence-electron chi connectivity index (χ2n) is 6.92. The molecule has 8 nitrogen and oxygen atoms in total. The highest BCUT2D eigenvalue weighted by Gasteiger charge is 2.24. The SMILES string of the molecule is CC(C)(C)c1cc(O)c(C(C)(C)C)cc1O.OP(O)O.OP(O)O. The van der Waals surface area contributed by atoms with E-state index in [1.54, 1.807) is 12.1 Å². The molecule has 1 aromatic rings. The van der Waals surface area contributed by atoms with Crippen LogP contribution in [-0.2, 0) is 10.8 Å². The van der Waals surface area contributed by atoms with Gasteiger partial charge in [-0.05, 0) is 23.0 Å². The third kappa shape index (κ3) is 11.9. The van der Waals surface area contributed by atoms with Crippen molar-refractivity contribution in [3.05, 3.63) is 23.3 Å². The van der Waals surface area contributed by atoms with Crippen LogP contribution >= 0.6 is 17.2 Å². The van der Waals surface area contributed by atoms with E-state index < -0.39 is 17.2 Å². The maximum absolute atomic E-state index is 10.0. The van der Waals surface area contributed by atoms with Crippen molar-refractivity contribution in [2.75, 3.05) is 0 Å². The molecule has 0 bridgehead atoms. The molecule has 10 heteroatoms. The highest BCUT2D eigenvalue weighted by molar-refractivity contribution is 7.38. The molecule has 0 amide bonds. The van der Waals surface area contributed by atoms with E-state index in [2.05, 4.69) is 0 Å². The van der Waals surface area contributed by atoms with Crippen molar-refractivity contribution in [2.24, 2.45) is 0 Å². The van der Waals surface area contributed by atoms with Crippen LogP contribution in [0.3, 0.4) is 0 Å². The van der Waals surface area contributed by atoms with Gasteiger partial charge in [-0.1, -0.05) is 41.5 Å². The van der Waals surface area contributed by atoms with Gasteiger partial charge in [0, 0.05) is 11.1 Å². The first-order valence-corrected chi connectivity index (χ1v) is 9.20. The Bertz CT molecular complexity index is 442. The van der Waals surface area contributed by atoms with Crippen molar-refractivity contribution in [3.8, 4) is 11.5 Å². The van der Waals surface area contributed by atoms with Crippen molar-refractivity contribution in [1.29, 1.82) is 0 Å². The molecule has 0 saturated heterocycles. The van der Waals surface area contributed by atoms with Crippen LogP contribution in [0, 0.1) is 0 Å². The molecule has 0 spiro atoms. The van der Waals surface area contributed by atoms with Crippen LogP contribution in [-0.4, -0.2) is 39.6 Å². The minimum absolute atomic E-state index is 0.169. The Morgan fingerprint density at radius 1 is 0.583 bits per heavy atom. The third-order valence-corrected chi connectivity index (χ3v) is 2.73. The van der Waals surface area contributed by atoms with E-state index in [1.807, 2.05) is 41.5 Å². The van der Waals surface area contributed by atoms with Crippen LogP contribution in [0.4, 0.5) is 0 Å². The number of benzene rings is 1. The molecule has 0 aliphatic carbocycles. The molecule has 0 aromatic heterocycles. The molecule has 24 heavy (non-hydrogen) atoms. The topological polar surface area (TPSA) is 162 Å². The second kappa shape index (κ2) is 10.4. The van der Waals surface area contributed by atoms with Crippen molar-refractivity contribution in [2.45, 2.75) is 52.4 Å². The highest BCUT2D eigenvalue weighted by Crippen LogP contribution is 2.39. The van der Waals surface area contributed by atoms with Gasteiger partial charge in [0.25, 0.3) is 0 Å². The second-order valence-corrected chi connectivity index (χ2v) is 8.00. The Morgan fingerprint density at radius 3 is 0.875 bits per heavy atom. The van der Waals surface area contributed by atoms with Crippen LogP contribution in [0.25, 0.3) is 0 Å². The van der Waals surface area contributed by atoms with Gasteiger partial charge in [0.15, 0.2) is 0 Å². The molecule has 0 radical (unpaired) electrons. The quantitative estimate of drug-likeness (QED) is 0.248. The van der Waals surface area contributed by atoms with Gasteiger partial charge in [-0.15, -0.1) is 0 Å². The highest BCUT2D eigenvalue weighted by atomic mass is 31.2. The fourth-order valence-corrected chi connectivity index (χ4v) is 1.78. The maximum Gasteiger partial charge on any atom is 0.324 e. The summed E-state index contributed by atoms with van der Waals surface area (Å²) >= 11 is 0. The normalized spacial score (nSPS) is 11.6. The van der Waals surface area contributed by atoms with Crippen molar-refractivity contribution in [1.82, 2.24) is 0 Å². The number of rotatable bonds is 0. The number of hydrogen-bond acceptors (Lipinski definition) is 8. The van der Waals surface area contributed by atoms with Gasteiger partial charge in [0.05, 0.1) is 0 Å². The average molecular weight is 386 g/mol. The van der Waals surface area contributed by atoms with Gasteiger partial charge in [0.2, 0.25) is 0 Å². The lowest BCUT2D eigenvalue weighted by Gasteiger charge is -2.25. The summed E-state index contributed by atoms with van der Waals surface area (Å²) in [5.74, 6) is 0.519. The third-order valence-electron chi connectivity index (χ3n) is 2.73. The standard InChI is InChI=1S/C14H22O2.2H3O3P/c1-13(2,3)9-7-12(16)10(8-11(9)15)14(4,5)6;2*1-4(2)3/h7-8,15-16H,1-6H3;2*1-3H. The van der Waals surface area contributed by atoms with Gasteiger partial charge in [0.1, 0.15) is 11.5 Å². The molecule has 0 atom stereocenters. The molecule has 1 rings (SSSR count). The van der Waals surface area contributed by atoms with Gasteiger partial charge in [-0.3, -0.25) is 0 Å². The molecule has 8 N–H and O–H groups in total. The van der Waals surface area contributed by atoms with Crippen molar-refractivity contribution >= 4 is 17.2 Å². The number of phenols is 2. The van der Waals surface area contributed by atoms with Crippen LogP contribution in [0.1, 0.15) is 52.7 Å². The van der Waals surface area contributed by atoms with Gasteiger partial charge < -0.3 is 39.6 Å². The smallest absolute Gasteiger partial charge is 0.324 e.